The molecule has 1 aliphatic rings. The predicted octanol–water partition coefficient (Wildman–Crippen LogP) is 10.6. The molecule has 0 atom stereocenters. The summed E-state index contributed by atoms with van der Waals surface area (Å²) in [5, 5.41) is 5.39. The zero-order valence-electron chi connectivity index (χ0n) is 27.1. The van der Waals surface area contributed by atoms with E-state index in [0.29, 0.717) is 13.0 Å². The van der Waals surface area contributed by atoms with E-state index in [1.165, 1.54) is 81.9 Å². The number of nitrogens with one attached hydrogen (secondary N) is 1. The Labute approximate surface area is 261 Å². The number of rotatable bonds is 19. The Balaban J connectivity index is 1.48. The van der Waals surface area contributed by atoms with Crippen LogP contribution in [0.25, 0.3) is 0 Å². The Kier molecular flexibility index (Phi) is 14.9. The number of anilines is 1. The molecule has 0 fully saturated rings. The Morgan fingerprint density at radius 2 is 1.52 bits per heavy atom. The molecule has 0 saturated carbocycles. The van der Waals surface area contributed by atoms with Crippen LogP contribution in [0.5, 0.6) is 5.75 Å². The molecule has 4 nitrogen and oxygen atoms in total. The van der Waals surface area contributed by atoms with Crippen molar-refractivity contribution in [1.29, 1.82) is 0 Å². The molecule has 2 aromatic carbocycles. The highest BCUT2D eigenvalue weighted by atomic mass is 32.2. The zero-order valence-corrected chi connectivity index (χ0v) is 27.9. The van der Waals surface area contributed by atoms with Gasteiger partial charge in [-0.25, -0.2) is 0 Å². The Morgan fingerprint density at radius 1 is 0.881 bits per heavy atom. The molecule has 0 radical (unpaired) electrons. The van der Waals surface area contributed by atoms with Crippen molar-refractivity contribution in [3.63, 3.8) is 0 Å². The molecule has 3 rings (SSSR count). The molecule has 1 heterocycles. The fraction of sp³-hybridized carbons (Fsp3) is 0.595. The third kappa shape index (κ3) is 12.1. The van der Waals surface area contributed by atoms with Crippen molar-refractivity contribution in [2.75, 3.05) is 17.8 Å². The van der Waals surface area contributed by atoms with Gasteiger partial charge in [0.2, 0.25) is 5.91 Å². The molecular formula is C37H56N2O2S. The van der Waals surface area contributed by atoms with E-state index < -0.39 is 0 Å². The number of thioether (sulfide) groups is 1. The molecule has 0 spiro atoms. The van der Waals surface area contributed by atoms with Gasteiger partial charge in [0, 0.05) is 23.5 Å². The molecule has 0 unspecified atom stereocenters. The summed E-state index contributed by atoms with van der Waals surface area (Å²) in [5.74, 6) is 1.79. The number of unbranched alkanes of at least 4 members (excludes halogenated alkanes) is 11. The Bertz CT molecular complexity index is 1120. The summed E-state index contributed by atoms with van der Waals surface area (Å²) in [4.78, 5) is 15.6. The second kappa shape index (κ2) is 18.3. The number of carbonyl (C=O) groups excluding carboxylic acids is 1. The Morgan fingerprint density at radius 3 is 2.14 bits per heavy atom. The zero-order chi connectivity index (χ0) is 30.2. The van der Waals surface area contributed by atoms with Crippen LogP contribution in [0.1, 0.15) is 128 Å². The fourth-order valence-electron chi connectivity index (χ4n) is 5.37. The van der Waals surface area contributed by atoms with Crippen molar-refractivity contribution in [3.8, 4) is 5.75 Å². The van der Waals surface area contributed by atoms with Crippen LogP contribution in [0.15, 0.2) is 53.6 Å². The molecular weight excluding hydrogens is 536 g/mol. The van der Waals surface area contributed by atoms with Crippen LogP contribution in [0, 0.1) is 0 Å². The second-order valence-corrected chi connectivity index (χ2v) is 13.8. The first-order valence-electron chi connectivity index (χ1n) is 16.4. The van der Waals surface area contributed by atoms with Gasteiger partial charge in [-0.15, -0.1) is 11.8 Å². The first kappa shape index (κ1) is 34.1. The van der Waals surface area contributed by atoms with E-state index >= 15 is 0 Å². The van der Waals surface area contributed by atoms with E-state index in [9.17, 15) is 4.79 Å². The normalized spacial score (nSPS) is 13.4. The monoisotopic (exact) mass is 592 g/mol. The van der Waals surface area contributed by atoms with E-state index in [1.807, 2.05) is 30.0 Å². The number of para-hydroxylation sites is 1. The summed E-state index contributed by atoms with van der Waals surface area (Å²) in [6, 6.07) is 14.5. The maximum absolute atomic E-state index is 13.3. The second-order valence-electron chi connectivity index (χ2n) is 12.9. The summed E-state index contributed by atoms with van der Waals surface area (Å²) in [7, 11) is 0. The number of amides is 1. The first-order chi connectivity index (χ1) is 20.3. The van der Waals surface area contributed by atoms with Crippen molar-refractivity contribution in [1.82, 2.24) is 4.90 Å². The third-order valence-corrected chi connectivity index (χ3v) is 9.14. The lowest BCUT2D eigenvalue weighted by molar-refractivity contribution is -0.115. The number of ether oxygens (including phenoxy) is 1. The highest BCUT2D eigenvalue weighted by molar-refractivity contribution is 8.02. The largest absolute Gasteiger partial charge is 0.493 e. The maximum Gasteiger partial charge on any atom is 0.228 e. The van der Waals surface area contributed by atoms with Gasteiger partial charge in [0.05, 0.1) is 18.9 Å². The van der Waals surface area contributed by atoms with Gasteiger partial charge in [-0.05, 0) is 47.4 Å². The van der Waals surface area contributed by atoms with Gasteiger partial charge < -0.3 is 15.0 Å². The van der Waals surface area contributed by atoms with Crippen LogP contribution >= 0.6 is 11.8 Å². The summed E-state index contributed by atoms with van der Waals surface area (Å²) in [5.41, 5.74) is 5.49. The van der Waals surface area contributed by atoms with Crippen LogP contribution in [-0.4, -0.2) is 23.3 Å². The number of carbonyl (C=O) groups is 1. The minimum Gasteiger partial charge on any atom is -0.493 e. The van der Waals surface area contributed by atoms with Crippen molar-refractivity contribution in [3.05, 3.63) is 70.3 Å². The minimum atomic E-state index is -0.00997. The van der Waals surface area contributed by atoms with Crippen molar-refractivity contribution in [2.24, 2.45) is 0 Å². The van der Waals surface area contributed by atoms with Crippen LogP contribution in [0.3, 0.4) is 0 Å². The van der Waals surface area contributed by atoms with Gasteiger partial charge >= 0.3 is 0 Å². The molecule has 42 heavy (non-hydrogen) atoms. The van der Waals surface area contributed by atoms with Crippen molar-refractivity contribution >= 4 is 23.4 Å². The SMILES string of the molecule is CCCCCCCCCCCCCCOc1cc(C(C)(C)C)ccc1CC(=O)Nc1ccccc1CN1CSC=C1C. The van der Waals surface area contributed by atoms with Crippen molar-refractivity contribution < 1.29 is 9.53 Å². The molecule has 1 amide bonds. The Hall–Kier alpha value is -2.40. The van der Waals surface area contributed by atoms with Gasteiger partial charge in [-0.2, -0.15) is 0 Å². The van der Waals surface area contributed by atoms with E-state index in [4.69, 9.17) is 4.74 Å². The molecule has 1 N–H and O–H groups in total. The predicted molar refractivity (Wildman–Crippen MR) is 182 cm³/mol. The van der Waals surface area contributed by atoms with E-state index in [-0.39, 0.29) is 11.3 Å². The maximum atomic E-state index is 13.3. The topological polar surface area (TPSA) is 41.6 Å². The highest BCUT2D eigenvalue weighted by Gasteiger charge is 2.19. The lowest BCUT2D eigenvalue weighted by Gasteiger charge is -2.22. The summed E-state index contributed by atoms with van der Waals surface area (Å²) in [6.45, 7) is 12.6. The molecule has 0 saturated heterocycles. The average molecular weight is 593 g/mol. The fourth-order valence-corrected chi connectivity index (χ4v) is 6.31. The number of nitrogens with zero attached hydrogens (tertiary/aromatic N) is 1. The van der Waals surface area contributed by atoms with Crippen LogP contribution in [0.2, 0.25) is 0 Å². The molecule has 5 heteroatoms. The van der Waals surface area contributed by atoms with Gasteiger partial charge in [0.25, 0.3) is 0 Å². The van der Waals surface area contributed by atoms with Crippen LogP contribution in [-0.2, 0) is 23.2 Å². The minimum absolute atomic E-state index is 0.00997. The van der Waals surface area contributed by atoms with Gasteiger partial charge in [-0.1, -0.05) is 129 Å². The van der Waals surface area contributed by atoms with Gasteiger partial charge in [0.1, 0.15) is 5.75 Å². The summed E-state index contributed by atoms with van der Waals surface area (Å²) in [6.07, 6.45) is 16.2. The standard InChI is InChI=1S/C37H56N2O2S/c1-6-7-8-9-10-11-12-13-14-15-16-19-24-41-35-26-33(37(3,4)5)23-22-31(35)25-36(40)38-34-21-18-17-20-32(34)27-39-29-42-28-30(39)2/h17-18,20-23,26,28H,6-16,19,24-25,27,29H2,1-5H3,(H,38,40). The number of hydrogen-bond acceptors (Lipinski definition) is 4. The molecule has 0 bridgehead atoms. The summed E-state index contributed by atoms with van der Waals surface area (Å²) < 4.78 is 6.34. The molecule has 2 aromatic rings. The molecule has 0 aliphatic carbocycles. The van der Waals surface area contributed by atoms with E-state index in [2.05, 4.69) is 74.5 Å². The van der Waals surface area contributed by atoms with Gasteiger partial charge in [0.15, 0.2) is 0 Å². The quantitative estimate of drug-likeness (QED) is 0.165. The van der Waals surface area contributed by atoms with Crippen molar-refractivity contribution in [2.45, 2.75) is 130 Å². The van der Waals surface area contributed by atoms with E-state index in [1.54, 1.807) is 0 Å². The van der Waals surface area contributed by atoms with Crippen LogP contribution < -0.4 is 10.1 Å². The number of allylic oxidation sites excluding steroid dienone is 1. The highest BCUT2D eigenvalue weighted by Crippen LogP contribution is 2.30. The molecule has 1 aliphatic heterocycles. The van der Waals surface area contributed by atoms with Gasteiger partial charge in [-0.3, -0.25) is 4.79 Å². The van der Waals surface area contributed by atoms with E-state index in [0.717, 1.165) is 41.4 Å². The lowest BCUT2D eigenvalue weighted by Crippen LogP contribution is -2.20. The smallest absolute Gasteiger partial charge is 0.228 e. The third-order valence-electron chi connectivity index (χ3n) is 8.18. The number of benzene rings is 2. The summed E-state index contributed by atoms with van der Waals surface area (Å²) >= 11 is 1.81. The molecule has 232 valence electrons. The molecule has 0 aromatic heterocycles. The number of hydrogen-bond donors (Lipinski definition) is 1. The first-order valence-corrected chi connectivity index (χ1v) is 17.5. The van der Waals surface area contributed by atoms with Crippen LogP contribution in [0.4, 0.5) is 5.69 Å². The lowest BCUT2D eigenvalue weighted by atomic mass is 9.86. The average Bonchev–Trinajstić information content (AvgIpc) is 3.36.